The zero-order chi connectivity index (χ0) is 20.0. The maximum absolute atomic E-state index is 12.8. The van der Waals surface area contributed by atoms with Crippen LogP contribution in [0, 0.1) is 19.3 Å². The Morgan fingerprint density at radius 2 is 1.81 bits per heavy atom. The first kappa shape index (κ1) is 20.7. The van der Waals surface area contributed by atoms with E-state index in [9.17, 15) is 13.2 Å². The Morgan fingerprint density at radius 1 is 1.15 bits per heavy atom. The van der Waals surface area contributed by atoms with E-state index >= 15 is 0 Å². The number of rotatable bonds is 7. The lowest BCUT2D eigenvalue weighted by atomic mass is 9.98. The number of amides is 1. The van der Waals surface area contributed by atoms with Crippen molar-refractivity contribution in [3.63, 3.8) is 0 Å². The quantitative estimate of drug-likeness (QED) is 0.744. The number of aryl methyl sites for hydroxylation is 1. The first-order chi connectivity index (χ1) is 12.8. The molecule has 0 aliphatic rings. The molecule has 0 unspecified atom stereocenters. The number of terminal acetylenes is 1. The second kappa shape index (κ2) is 8.85. The summed E-state index contributed by atoms with van der Waals surface area (Å²) in [5, 5.41) is 2.86. The van der Waals surface area contributed by atoms with E-state index in [0.29, 0.717) is 0 Å². The van der Waals surface area contributed by atoms with Crippen LogP contribution in [0.1, 0.15) is 30.9 Å². The third-order valence-electron chi connectivity index (χ3n) is 4.16. The molecule has 0 aliphatic heterocycles. The molecule has 2 rings (SSSR count). The monoisotopic (exact) mass is 384 g/mol. The fourth-order valence-electron chi connectivity index (χ4n) is 2.75. The number of anilines is 1. The molecule has 1 N–H and O–H groups in total. The highest BCUT2D eigenvalue weighted by Gasteiger charge is 2.26. The van der Waals surface area contributed by atoms with Gasteiger partial charge in [0.1, 0.15) is 0 Å². The molecule has 6 heteroatoms. The standard InChI is InChI=1S/C21H24N2O3S/c1-5-14-23(27(25,26)18-11-7-6-8-12-18)15-20(24)22-21-17(4)10-9-13-19(21)16(2)3/h1,6-13,16H,14-15H2,2-4H3,(H,22,24). The SMILES string of the molecule is C#CCN(CC(=O)Nc1c(C)cccc1C(C)C)S(=O)(=O)c1ccccc1. The number of carbonyl (C=O) groups is 1. The molecular formula is C21H24N2O3S. The van der Waals surface area contributed by atoms with Crippen molar-refractivity contribution in [1.29, 1.82) is 0 Å². The topological polar surface area (TPSA) is 66.5 Å². The highest BCUT2D eigenvalue weighted by molar-refractivity contribution is 7.89. The van der Waals surface area contributed by atoms with Gasteiger partial charge in [-0.2, -0.15) is 4.31 Å². The average molecular weight is 385 g/mol. The zero-order valence-corrected chi connectivity index (χ0v) is 16.6. The molecule has 0 aromatic heterocycles. The molecule has 5 nitrogen and oxygen atoms in total. The van der Waals surface area contributed by atoms with Crippen LogP contribution in [0.15, 0.2) is 53.4 Å². The fourth-order valence-corrected chi connectivity index (χ4v) is 4.08. The van der Waals surface area contributed by atoms with E-state index in [1.165, 1.54) is 12.1 Å². The number of nitrogens with zero attached hydrogens (tertiary/aromatic N) is 1. The van der Waals surface area contributed by atoms with Gasteiger partial charge in [-0.05, 0) is 36.1 Å². The van der Waals surface area contributed by atoms with Crippen LogP contribution in [0.25, 0.3) is 0 Å². The van der Waals surface area contributed by atoms with Gasteiger partial charge in [0.25, 0.3) is 0 Å². The highest BCUT2D eigenvalue weighted by atomic mass is 32.2. The van der Waals surface area contributed by atoms with Crippen LogP contribution in [0.2, 0.25) is 0 Å². The Morgan fingerprint density at radius 3 is 2.41 bits per heavy atom. The van der Waals surface area contributed by atoms with Crippen molar-refractivity contribution < 1.29 is 13.2 Å². The van der Waals surface area contributed by atoms with Crippen LogP contribution in [0.4, 0.5) is 5.69 Å². The molecule has 0 saturated carbocycles. The molecular weight excluding hydrogens is 360 g/mol. The van der Waals surface area contributed by atoms with E-state index in [1.54, 1.807) is 18.2 Å². The first-order valence-electron chi connectivity index (χ1n) is 8.65. The fraction of sp³-hybridized carbons (Fsp3) is 0.286. The number of hydrogen-bond donors (Lipinski definition) is 1. The third-order valence-corrected chi connectivity index (χ3v) is 5.97. The van der Waals surface area contributed by atoms with Crippen LogP contribution in [-0.2, 0) is 14.8 Å². The summed E-state index contributed by atoms with van der Waals surface area (Å²) in [6, 6.07) is 13.7. The van der Waals surface area contributed by atoms with E-state index in [-0.39, 0.29) is 23.9 Å². The van der Waals surface area contributed by atoms with Gasteiger partial charge >= 0.3 is 0 Å². The van der Waals surface area contributed by atoms with Crippen molar-refractivity contribution in [2.75, 3.05) is 18.4 Å². The zero-order valence-electron chi connectivity index (χ0n) is 15.8. The van der Waals surface area contributed by atoms with Gasteiger partial charge in [0.2, 0.25) is 15.9 Å². The molecule has 0 aliphatic carbocycles. The molecule has 0 radical (unpaired) electrons. The summed E-state index contributed by atoms with van der Waals surface area (Å²) in [5.41, 5.74) is 2.64. The van der Waals surface area contributed by atoms with Crippen molar-refractivity contribution in [1.82, 2.24) is 4.31 Å². The lowest BCUT2D eigenvalue weighted by Gasteiger charge is -2.21. The Bertz CT molecular complexity index is 945. The molecule has 2 aromatic carbocycles. The Balaban J connectivity index is 2.26. The number of benzene rings is 2. The van der Waals surface area contributed by atoms with Crippen LogP contribution in [0.5, 0.6) is 0 Å². The van der Waals surface area contributed by atoms with Gasteiger partial charge in [-0.15, -0.1) is 6.42 Å². The number of hydrogen-bond acceptors (Lipinski definition) is 3. The van der Waals surface area contributed by atoms with Crippen LogP contribution < -0.4 is 5.32 Å². The normalized spacial score (nSPS) is 11.4. The van der Waals surface area contributed by atoms with Gasteiger partial charge in [0.15, 0.2) is 0 Å². The van der Waals surface area contributed by atoms with Gasteiger partial charge in [-0.25, -0.2) is 8.42 Å². The molecule has 0 spiro atoms. The van der Waals surface area contributed by atoms with Gasteiger partial charge < -0.3 is 5.32 Å². The van der Waals surface area contributed by atoms with E-state index in [2.05, 4.69) is 11.2 Å². The maximum Gasteiger partial charge on any atom is 0.244 e. The average Bonchev–Trinajstić information content (AvgIpc) is 2.63. The minimum absolute atomic E-state index is 0.104. The summed E-state index contributed by atoms with van der Waals surface area (Å²) >= 11 is 0. The third kappa shape index (κ3) is 4.97. The first-order valence-corrected chi connectivity index (χ1v) is 10.1. The van der Waals surface area contributed by atoms with Crippen LogP contribution in [-0.4, -0.2) is 31.7 Å². The summed E-state index contributed by atoms with van der Waals surface area (Å²) in [6.07, 6.45) is 5.33. The summed E-state index contributed by atoms with van der Waals surface area (Å²) < 4.78 is 26.6. The molecule has 0 heterocycles. The van der Waals surface area contributed by atoms with Crippen molar-refractivity contribution in [3.05, 3.63) is 59.7 Å². The second-order valence-corrected chi connectivity index (χ2v) is 8.47. The van der Waals surface area contributed by atoms with Gasteiger partial charge in [-0.1, -0.05) is 56.2 Å². The molecule has 2 aromatic rings. The van der Waals surface area contributed by atoms with Crippen LogP contribution in [0.3, 0.4) is 0 Å². The molecule has 0 fully saturated rings. The van der Waals surface area contributed by atoms with Crippen molar-refractivity contribution >= 4 is 21.6 Å². The summed E-state index contributed by atoms with van der Waals surface area (Å²) in [6.45, 7) is 5.44. The molecule has 0 atom stereocenters. The van der Waals surface area contributed by atoms with Crippen molar-refractivity contribution in [3.8, 4) is 12.3 Å². The van der Waals surface area contributed by atoms with Crippen molar-refractivity contribution in [2.24, 2.45) is 0 Å². The van der Waals surface area contributed by atoms with E-state index < -0.39 is 15.9 Å². The summed E-state index contributed by atoms with van der Waals surface area (Å²) in [4.78, 5) is 12.7. The Hall–Kier alpha value is -2.62. The lowest BCUT2D eigenvalue weighted by molar-refractivity contribution is -0.116. The minimum atomic E-state index is -3.86. The molecule has 1 amide bonds. The molecule has 27 heavy (non-hydrogen) atoms. The molecule has 0 bridgehead atoms. The van der Waals surface area contributed by atoms with E-state index in [4.69, 9.17) is 6.42 Å². The van der Waals surface area contributed by atoms with E-state index in [1.807, 2.05) is 39.0 Å². The minimum Gasteiger partial charge on any atom is -0.324 e. The summed E-state index contributed by atoms with van der Waals surface area (Å²) in [5.74, 6) is 2.11. The van der Waals surface area contributed by atoms with Crippen molar-refractivity contribution in [2.45, 2.75) is 31.6 Å². The number of carbonyl (C=O) groups excluding carboxylic acids is 1. The molecule has 0 saturated heterocycles. The predicted octanol–water partition coefficient (Wildman–Crippen LogP) is 3.38. The van der Waals surface area contributed by atoms with Crippen LogP contribution >= 0.6 is 0 Å². The second-order valence-electron chi connectivity index (χ2n) is 6.53. The number of para-hydroxylation sites is 1. The van der Waals surface area contributed by atoms with E-state index in [0.717, 1.165) is 21.1 Å². The molecule has 142 valence electrons. The maximum atomic E-state index is 12.8. The number of nitrogens with one attached hydrogen (secondary N) is 1. The summed E-state index contributed by atoms with van der Waals surface area (Å²) in [7, 11) is -3.86. The number of sulfonamides is 1. The Kier molecular flexibility index (Phi) is 6.78. The highest BCUT2D eigenvalue weighted by Crippen LogP contribution is 2.27. The smallest absolute Gasteiger partial charge is 0.244 e. The van der Waals surface area contributed by atoms with Gasteiger partial charge in [0.05, 0.1) is 18.0 Å². The predicted molar refractivity (Wildman–Crippen MR) is 108 cm³/mol. The Labute approximate surface area is 161 Å². The van der Waals surface area contributed by atoms with Gasteiger partial charge in [-0.3, -0.25) is 4.79 Å². The largest absolute Gasteiger partial charge is 0.324 e. The lowest BCUT2D eigenvalue weighted by Crippen LogP contribution is -2.38. The van der Waals surface area contributed by atoms with Gasteiger partial charge in [0, 0.05) is 5.69 Å².